The third-order valence-corrected chi connectivity index (χ3v) is 2.99. The van der Waals surface area contributed by atoms with Crippen molar-refractivity contribution in [3.63, 3.8) is 0 Å². The monoisotopic (exact) mass is 351 g/mol. The van der Waals surface area contributed by atoms with Crippen molar-refractivity contribution in [1.29, 1.82) is 0 Å². The summed E-state index contributed by atoms with van der Waals surface area (Å²) in [5.41, 5.74) is 5.58. The molecule has 0 bridgehead atoms. The summed E-state index contributed by atoms with van der Waals surface area (Å²) in [7, 11) is 1.56. The fraction of sp³-hybridized carbons (Fsp3) is 0.312. The molecule has 130 valence electrons. The molecule has 0 aromatic heterocycles. The molecule has 0 fully saturated rings. The van der Waals surface area contributed by atoms with Crippen molar-refractivity contribution in [2.24, 2.45) is 0 Å². The number of hydrogen-bond acceptors (Lipinski definition) is 5. The van der Waals surface area contributed by atoms with Crippen LogP contribution in [0.2, 0.25) is 0 Å². The lowest BCUT2D eigenvalue weighted by molar-refractivity contribution is -0.123. The number of nitrogens with one attached hydrogen (secondary N) is 3. The van der Waals surface area contributed by atoms with Crippen LogP contribution in [0.3, 0.4) is 0 Å². The maximum absolute atomic E-state index is 11.8. The SMILES string of the molecule is CCOCCC(=O)NNC(=S)NC(=O)/C=C/c1ccccc1OC. The van der Waals surface area contributed by atoms with Crippen LogP contribution in [0.15, 0.2) is 30.3 Å². The number of carbonyl (C=O) groups is 2. The molecule has 0 radical (unpaired) electrons. The van der Waals surface area contributed by atoms with Crippen molar-refractivity contribution in [2.75, 3.05) is 20.3 Å². The molecule has 0 aliphatic carbocycles. The molecule has 7 nitrogen and oxygen atoms in total. The van der Waals surface area contributed by atoms with E-state index in [0.717, 1.165) is 5.56 Å². The molecule has 0 aliphatic heterocycles. The van der Waals surface area contributed by atoms with E-state index in [-0.39, 0.29) is 17.4 Å². The van der Waals surface area contributed by atoms with E-state index >= 15 is 0 Å². The number of methoxy groups -OCH3 is 1. The minimum absolute atomic E-state index is 0.00515. The number of carbonyl (C=O) groups excluding carboxylic acids is 2. The number of ether oxygens (including phenoxy) is 2. The largest absolute Gasteiger partial charge is 0.496 e. The van der Waals surface area contributed by atoms with Gasteiger partial charge in [0.1, 0.15) is 5.75 Å². The first kappa shape index (κ1) is 19.6. The lowest BCUT2D eigenvalue weighted by atomic mass is 10.2. The van der Waals surface area contributed by atoms with Crippen molar-refractivity contribution in [2.45, 2.75) is 13.3 Å². The number of hydrazine groups is 1. The first-order valence-corrected chi connectivity index (χ1v) is 7.76. The van der Waals surface area contributed by atoms with Gasteiger partial charge in [-0.3, -0.25) is 25.8 Å². The summed E-state index contributed by atoms with van der Waals surface area (Å²) >= 11 is 4.92. The molecule has 0 unspecified atom stereocenters. The minimum atomic E-state index is -0.429. The zero-order valence-electron chi connectivity index (χ0n) is 13.6. The van der Waals surface area contributed by atoms with Crippen LogP contribution in [-0.2, 0) is 14.3 Å². The van der Waals surface area contributed by atoms with Crippen LogP contribution >= 0.6 is 12.2 Å². The van der Waals surface area contributed by atoms with Gasteiger partial charge in [-0.25, -0.2) is 0 Å². The van der Waals surface area contributed by atoms with Crippen LogP contribution in [0.5, 0.6) is 5.75 Å². The molecule has 1 aromatic carbocycles. The number of para-hydroxylation sites is 1. The molecule has 1 aromatic rings. The first-order valence-electron chi connectivity index (χ1n) is 7.35. The van der Waals surface area contributed by atoms with E-state index in [0.29, 0.717) is 19.0 Å². The summed E-state index contributed by atoms with van der Waals surface area (Å²) in [5.74, 6) is -0.0598. The Labute approximate surface area is 146 Å². The van der Waals surface area contributed by atoms with Crippen molar-refractivity contribution in [1.82, 2.24) is 16.2 Å². The smallest absolute Gasteiger partial charge is 0.250 e. The van der Waals surface area contributed by atoms with Crippen LogP contribution in [0.25, 0.3) is 6.08 Å². The van der Waals surface area contributed by atoms with Gasteiger partial charge in [-0.15, -0.1) is 0 Å². The molecule has 0 aliphatic rings. The van der Waals surface area contributed by atoms with Crippen molar-refractivity contribution < 1.29 is 19.1 Å². The van der Waals surface area contributed by atoms with Gasteiger partial charge in [0.25, 0.3) is 0 Å². The Morgan fingerprint density at radius 3 is 2.71 bits per heavy atom. The number of thiocarbonyl (C=S) groups is 1. The normalized spacial score (nSPS) is 10.2. The van der Waals surface area contributed by atoms with E-state index in [1.54, 1.807) is 19.3 Å². The highest BCUT2D eigenvalue weighted by Gasteiger charge is 2.04. The number of amides is 2. The van der Waals surface area contributed by atoms with Gasteiger partial charge in [0.15, 0.2) is 5.11 Å². The van der Waals surface area contributed by atoms with Crippen LogP contribution in [0.1, 0.15) is 18.9 Å². The average molecular weight is 351 g/mol. The Morgan fingerprint density at radius 2 is 2.00 bits per heavy atom. The van der Waals surface area contributed by atoms with Gasteiger partial charge < -0.3 is 9.47 Å². The van der Waals surface area contributed by atoms with E-state index in [1.807, 2.05) is 25.1 Å². The molecule has 3 N–H and O–H groups in total. The topological polar surface area (TPSA) is 88.7 Å². The van der Waals surface area contributed by atoms with Crippen molar-refractivity contribution >= 4 is 35.2 Å². The number of rotatable bonds is 7. The van der Waals surface area contributed by atoms with Crippen LogP contribution in [0.4, 0.5) is 0 Å². The van der Waals surface area contributed by atoms with Crippen LogP contribution < -0.4 is 20.9 Å². The zero-order chi connectivity index (χ0) is 17.8. The number of benzene rings is 1. The molecule has 0 spiro atoms. The summed E-state index contributed by atoms with van der Waals surface area (Å²) in [6, 6.07) is 7.28. The molecule has 0 heterocycles. The predicted molar refractivity (Wildman–Crippen MR) is 95.2 cm³/mol. The second-order valence-electron chi connectivity index (χ2n) is 4.51. The Bertz CT molecular complexity index is 605. The van der Waals surface area contributed by atoms with Gasteiger partial charge in [0.05, 0.1) is 20.1 Å². The lowest BCUT2D eigenvalue weighted by Crippen LogP contribution is -2.48. The summed E-state index contributed by atoms with van der Waals surface area (Å²) in [4.78, 5) is 23.2. The first-order chi connectivity index (χ1) is 11.6. The van der Waals surface area contributed by atoms with Crippen molar-refractivity contribution in [3.05, 3.63) is 35.9 Å². The van der Waals surface area contributed by atoms with E-state index < -0.39 is 5.91 Å². The highest BCUT2D eigenvalue weighted by atomic mass is 32.1. The molecule has 0 saturated heterocycles. The summed E-state index contributed by atoms with van der Waals surface area (Å²) in [5, 5.41) is 2.41. The van der Waals surface area contributed by atoms with E-state index in [1.165, 1.54) is 6.08 Å². The Hall–Kier alpha value is -2.45. The van der Waals surface area contributed by atoms with E-state index in [9.17, 15) is 9.59 Å². The lowest BCUT2D eigenvalue weighted by Gasteiger charge is -2.09. The Kier molecular flexibility index (Phi) is 9.10. The summed E-state index contributed by atoms with van der Waals surface area (Å²) in [6.07, 6.45) is 3.13. The molecule has 1 rings (SSSR count). The maximum atomic E-state index is 11.8. The highest BCUT2D eigenvalue weighted by Crippen LogP contribution is 2.18. The highest BCUT2D eigenvalue weighted by molar-refractivity contribution is 7.80. The standard InChI is InChI=1S/C16H21N3O4S/c1-3-23-11-10-15(21)18-19-16(24)17-14(20)9-8-12-6-4-5-7-13(12)22-2/h4-9H,3,10-11H2,1-2H3,(H,18,21)(H2,17,19,20,24)/b9-8+. The second-order valence-corrected chi connectivity index (χ2v) is 4.92. The van der Waals surface area contributed by atoms with Gasteiger partial charge in [0, 0.05) is 18.2 Å². The van der Waals surface area contributed by atoms with Crippen LogP contribution in [-0.4, -0.2) is 37.3 Å². The fourth-order valence-electron chi connectivity index (χ4n) is 1.65. The van der Waals surface area contributed by atoms with Gasteiger partial charge in [-0.2, -0.15) is 0 Å². The maximum Gasteiger partial charge on any atom is 0.250 e. The molecule has 8 heteroatoms. The number of hydrogen-bond donors (Lipinski definition) is 3. The molecular formula is C16H21N3O4S. The van der Waals surface area contributed by atoms with Crippen LogP contribution in [0, 0.1) is 0 Å². The van der Waals surface area contributed by atoms with E-state index in [2.05, 4.69) is 16.2 Å². The quantitative estimate of drug-likeness (QED) is 0.296. The Balaban J connectivity index is 2.37. The second kappa shape index (κ2) is 11.1. The van der Waals surface area contributed by atoms with Gasteiger partial charge in [-0.1, -0.05) is 18.2 Å². The molecular weight excluding hydrogens is 330 g/mol. The summed E-state index contributed by atoms with van der Waals surface area (Å²) in [6.45, 7) is 2.72. The van der Waals surface area contributed by atoms with Gasteiger partial charge in [0.2, 0.25) is 11.8 Å². The van der Waals surface area contributed by atoms with Gasteiger partial charge in [-0.05, 0) is 31.3 Å². The fourth-order valence-corrected chi connectivity index (χ4v) is 1.80. The zero-order valence-corrected chi connectivity index (χ0v) is 14.4. The Morgan fingerprint density at radius 1 is 1.25 bits per heavy atom. The third-order valence-electron chi connectivity index (χ3n) is 2.78. The molecule has 0 atom stereocenters. The van der Waals surface area contributed by atoms with Crippen molar-refractivity contribution in [3.8, 4) is 5.75 Å². The summed E-state index contributed by atoms with van der Waals surface area (Å²) < 4.78 is 10.2. The van der Waals surface area contributed by atoms with Gasteiger partial charge >= 0.3 is 0 Å². The average Bonchev–Trinajstić information content (AvgIpc) is 2.58. The molecule has 0 saturated carbocycles. The minimum Gasteiger partial charge on any atom is -0.496 e. The van der Waals surface area contributed by atoms with E-state index in [4.69, 9.17) is 21.7 Å². The molecule has 24 heavy (non-hydrogen) atoms. The molecule has 2 amide bonds. The predicted octanol–water partition coefficient (Wildman–Crippen LogP) is 1.16. The third kappa shape index (κ3) is 7.70.